The molecule has 0 atom stereocenters. The molecule has 2 aromatic rings. The SMILES string of the molecule is Cc1cc(Br)cnc1N(C)Cc1cscn1. The largest absolute Gasteiger partial charge is 0.354 e. The van der Waals surface area contributed by atoms with Crippen LogP contribution in [0.5, 0.6) is 0 Å². The van der Waals surface area contributed by atoms with Crippen molar-refractivity contribution in [1.82, 2.24) is 9.97 Å². The summed E-state index contributed by atoms with van der Waals surface area (Å²) in [5.74, 6) is 0.996. The Morgan fingerprint density at radius 1 is 1.44 bits per heavy atom. The van der Waals surface area contributed by atoms with Crippen molar-refractivity contribution in [2.24, 2.45) is 0 Å². The minimum Gasteiger partial charge on any atom is -0.354 e. The molecule has 0 radical (unpaired) electrons. The minimum atomic E-state index is 0.791. The fraction of sp³-hybridized carbons (Fsp3) is 0.273. The van der Waals surface area contributed by atoms with Crippen molar-refractivity contribution in [1.29, 1.82) is 0 Å². The number of pyridine rings is 1. The molecule has 0 aliphatic carbocycles. The van der Waals surface area contributed by atoms with Crippen molar-refractivity contribution in [3.05, 3.63) is 38.9 Å². The maximum atomic E-state index is 4.41. The fourth-order valence-corrected chi connectivity index (χ4v) is 2.56. The summed E-state index contributed by atoms with van der Waals surface area (Å²) >= 11 is 5.03. The van der Waals surface area contributed by atoms with Crippen molar-refractivity contribution >= 4 is 33.1 Å². The summed E-state index contributed by atoms with van der Waals surface area (Å²) in [7, 11) is 2.03. The van der Waals surface area contributed by atoms with Crippen LogP contribution in [0.1, 0.15) is 11.3 Å². The number of halogens is 1. The Hall–Kier alpha value is -0.940. The maximum Gasteiger partial charge on any atom is 0.131 e. The number of rotatable bonds is 3. The smallest absolute Gasteiger partial charge is 0.131 e. The number of hydrogen-bond acceptors (Lipinski definition) is 4. The van der Waals surface area contributed by atoms with Crippen LogP contribution < -0.4 is 4.90 Å². The van der Waals surface area contributed by atoms with Gasteiger partial charge in [-0.1, -0.05) is 0 Å². The van der Waals surface area contributed by atoms with Gasteiger partial charge in [0.1, 0.15) is 5.82 Å². The summed E-state index contributed by atoms with van der Waals surface area (Å²) < 4.78 is 1.01. The molecular weight excluding hydrogens is 286 g/mol. The second-order valence-corrected chi connectivity index (χ2v) is 5.26. The topological polar surface area (TPSA) is 29.0 Å². The Morgan fingerprint density at radius 3 is 2.88 bits per heavy atom. The number of hydrogen-bond donors (Lipinski definition) is 0. The van der Waals surface area contributed by atoms with Crippen LogP contribution >= 0.6 is 27.3 Å². The number of aromatic nitrogens is 2. The summed E-state index contributed by atoms with van der Waals surface area (Å²) in [4.78, 5) is 10.8. The van der Waals surface area contributed by atoms with Gasteiger partial charge in [0.05, 0.1) is 17.7 Å². The van der Waals surface area contributed by atoms with Crippen LogP contribution in [0.4, 0.5) is 5.82 Å². The van der Waals surface area contributed by atoms with E-state index in [0.717, 1.165) is 28.1 Å². The monoisotopic (exact) mass is 297 g/mol. The van der Waals surface area contributed by atoms with Crippen molar-refractivity contribution in [2.75, 3.05) is 11.9 Å². The molecule has 0 bridgehead atoms. The predicted octanol–water partition coefficient (Wildman–Crippen LogP) is 3.25. The van der Waals surface area contributed by atoms with Gasteiger partial charge >= 0.3 is 0 Å². The Morgan fingerprint density at radius 2 is 2.25 bits per heavy atom. The van der Waals surface area contributed by atoms with E-state index in [2.05, 4.69) is 49.2 Å². The van der Waals surface area contributed by atoms with Gasteiger partial charge in [-0.05, 0) is 34.5 Å². The van der Waals surface area contributed by atoms with Gasteiger partial charge in [0, 0.05) is 23.1 Å². The molecule has 0 fully saturated rings. The first-order chi connectivity index (χ1) is 7.66. The molecule has 0 saturated heterocycles. The first-order valence-corrected chi connectivity index (χ1v) is 6.61. The lowest BCUT2D eigenvalue weighted by Gasteiger charge is -2.19. The number of aryl methyl sites for hydroxylation is 1. The fourth-order valence-electron chi connectivity index (χ4n) is 1.57. The number of thiazole rings is 1. The molecular formula is C11H12BrN3S. The standard InChI is InChI=1S/C11H12BrN3S/c1-8-3-9(12)4-13-11(8)15(2)5-10-6-16-7-14-10/h3-4,6-7H,5H2,1-2H3. The quantitative estimate of drug-likeness (QED) is 0.871. The van der Waals surface area contributed by atoms with Crippen LogP contribution in [0.2, 0.25) is 0 Å². The summed E-state index contributed by atoms with van der Waals surface area (Å²) in [6.45, 7) is 2.85. The Kier molecular flexibility index (Phi) is 3.56. The molecule has 0 saturated carbocycles. The van der Waals surface area contributed by atoms with Crippen molar-refractivity contribution in [3.63, 3.8) is 0 Å². The van der Waals surface area contributed by atoms with Crippen molar-refractivity contribution < 1.29 is 0 Å². The summed E-state index contributed by atoms with van der Waals surface area (Å²) in [5.41, 5.74) is 4.09. The second-order valence-electron chi connectivity index (χ2n) is 3.63. The van der Waals surface area contributed by atoms with Gasteiger partial charge < -0.3 is 4.90 Å². The van der Waals surface area contributed by atoms with Crippen LogP contribution in [0.25, 0.3) is 0 Å². The molecule has 2 rings (SSSR count). The first kappa shape index (κ1) is 11.5. The zero-order chi connectivity index (χ0) is 11.5. The lowest BCUT2D eigenvalue weighted by Crippen LogP contribution is -2.18. The number of nitrogens with zero attached hydrogens (tertiary/aromatic N) is 3. The molecule has 0 unspecified atom stereocenters. The highest BCUT2D eigenvalue weighted by molar-refractivity contribution is 9.10. The van der Waals surface area contributed by atoms with E-state index in [9.17, 15) is 0 Å². The molecule has 0 aliphatic rings. The van der Waals surface area contributed by atoms with Gasteiger partial charge in [-0.25, -0.2) is 9.97 Å². The van der Waals surface area contributed by atoms with Gasteiger partial charge in [-0.2, -0.15) is 0 Å². The molecule has 16 heavy (non-hydrogen) atoms. The molecule has 0 amide bonds. The van der Waals surface area contributed by atoms with Crippen LogP contribution in [0, 0.1) is 6.92 Å². The normalized spacial score (nSPS) is 10.4. The van der Waals surface area contributed by atoms with E-state index in [-0.39, 0.29) is 0 Å². The molecule has 5 heteroatoms. The molecule has 0 N–H and O–H groups in total. The van der Waals surface area contributed by atoms with Crippen LogP contribution in [-0.4, -0.2) is 17.0 Å². The third-order valence-corrected chi connectivity index (χ3v) is 3.33. The predicted molar refractivity (Wildman–Crippen MR) is 70.9 cm³/mol. The Bertz CT molecular complexity index is 470. The van der Waals surface area contributed by atoms with Gasteiger partial charge in [0.2, 0.25) is 0 Å². The van der Waals surface area contributed by atoms with E-state index in [4.69, 9.17) is 0 Å². The van der Waals surface area contributed by atoms with E-state index in [1.807, 2.05) is 18.8 Å². The van der Waals surface area contributed by atoms with Crippen molar-refractivity contribution in [3.8, 4) is 0 Å². The lowest BCUT2D eigenvalue weighted by molar-refractivity contribution is 0.867. The van der Waals surface area contributed by atoms with Crippen molar-refractivity contribution in [2.45, 2.75) is 13.5 Å². The summed E-state index contributed by atoms with van der Waals surface area (Å²) in [6, 6.07) is 2.07. The first-order valence-electron chi connectivity index (χ1n) is 4.87. The lowest BCUT2D eigenvalue weighted by atomic mass is 10.2. The van der Waals surface area contributed by atoms with Gasteiger partial charge in [0.15, 0.2) is 0 Å². The van der Waals surface area contributed by atoms with Crippen LogP contribution in [0.3, 0.4) is 0 Å². The molecule has 0 aromatic carbocycles. The van der Waals surface area contributed by atoms with Gasteiger partial charge in [-0.3, -0.25) is 0 Å². The molecule has 0 aliphatic heterocycles. The van der Waals surface area contributed by atoms with E-state index in [0.29, 0.717) is 0 Å². The van der Waals surface area contributed by atoms with Crippen LogP contribution in [0.15, 0.2) is 27.6 Å². The average molecular weight is 298 g/mol. The minimum absolute atomic E-state index is 0.791. The average Bonchev–Trinajstić information content (AvgIpc) is 2.70. The second kappa shape index (κ2) is 4.93. The van der Waals surface area contributed by atoms with Crippen LogP contribution in [-0.2, 0) is 6.54 Å². The van der Waals surface area contributed by atoms with E-state index < -0.39 is 0 Å². The highest BCUT2D eigenvalue weighted by atomic mass is 79.9. The summed E-state index contributed by atoms with van der Waals surface area (Å²) in [6.07, 6.45) is 1.82. The molecule has 84 valence electrons. The number of anilines is 1. The maximum absolute atomic E-state index is 4.41. The van der Waals surface area contributed by atoms with Gasteiger partial charge in [-0.15, -0.1) is 11.3 Å². The van der Waals surface area contributed by atoms with E-state index in [1.54, 1.807) is 11.3 Å². The van der Waals surface area contributed by atoms with E-state index in [1.165, 1.54) is 0 Å². The highest BCUT2D eigenvalue weighted by Crippen LogP contribution is 2.20. The Labute approximate surface area is 107 Å². The third kappa shape index (κ3) is 2.59. The van der Waals surface area contributed by atoms with Gasteiger partial charge in [0.25, 0.3) is 0 Å². The van der Waals surface area contributed by atoms with E-state index >= 15 is 0 Å². The third-order valence-electron chi connectivity index (χ3n) is 2.26. The zero-order valence-electron chi connectivity index (χ0n) is 9.14. The summed E-state index contributed by atoms with van der Waals surface area (Å²) in [5, 5.41) is 2.06. The zero-order valence-corrected chi connectivity index (χ0v) is 11.5. The molecule has 2 heterocycles. The molecule has 0 spiro atoms. The molecule has 2 aromatic heterocycles. The highest BCUT2D eigenvalue weighted by Gasteiger charge is 2.08. The Balaban J connectivity index is 2.17. The molecule has 3 nitrogen and oxygen atoms in total.